The van der Waals surface area contributed by atoms with Crippen molar-refractivity contribution in [1.29, 1.82) is 0 Å². The molecular weight excluding hydrogens is 384 g/mol. The number of rotatable bonds is 6. The normalized spacial score (nSPS) is 16.9. The molecule has 1 amide bonds. The Morgan fingerprint density at radius 3 is 2.68 bits per heavy atom. The van der Waals surface area contributed by atoms with Crippen molar-refractivity contribution < 1.29 is 4.79 Å². The van der Waals surface area contributed by atoms with E-state index in [2.05, 4.69) is 78.8 Å². The molecule has 0 bridgehead atoms. The van der Waals surface area contributed by atoms with E-state index in [1.165, 1.54) is 23.1 Å². The van der Waals surface area contributed by atoms with Crippen molar-refractivity contribution in [2.75, 3.05) is 19.6 Å². The molecule has 1 N–H and O–H groups in total. The van der Waals surface area contributed by atoms with Crippen molar-refractivity contribution in [3.8, 4) is 16.9 Å². The molecule has 31 heavy (non-hydrogen) atoms. The smallest absolute Gasteiger partial charge is 0.216 e. The van der Waals surface area contributed by atoms with E-state index in [9.17, 15) is 4.79 Å². The van der Waals surface area contributed by atoms with Crippen LogP contribution in [0.2, 0.25) is 0 Å². The average Bonchev–Trinajstić information content (AvgIpc) is 3.17. The van der Waals surface area contributed by atoms with E-state index in [0.717, 1.165) is 49.5 Å². The molecule has 0 spiro atoms. The summed E-state index contributed by atoms with van der Waals surface area (Å²) in [5, 5.41) is 7.99. The predicted octanol–water partition coefficient (Wildman–Crippen LogP) is 4.50. The molecule has 2 heterocycles. The van der Waals surface area contributed by atoms with Gasteiger partial charge in [-0.2, -0.15) is 5.10 Å². The lowest BCUT2D eigenvalue weighted by Gasteiger charge is -2.32. The number of hydrogen-bond donors (Lipinski definition) is 1. The molecule has 0 radical (unpaired) electrons. The number of nitrogens with zero attached hydrogens (tertiary/aromatic N) is 3. The van der Waals surface area contributed by atoms with Crippen LogP contribution in [0.3, 0.4) is 0 Å². The topological polar surface area (TPSA) is 50.2 Å². The van der Waals surface area contributed by atoms with Crippen LogP contribution in [0.4, 0.5) is 0 Å². The van der Waals surface area contributed by atoms with Crippen molar-refractivity contribution in [2.24, 2.45) is 5.92 Å². The van der Waals surface area contributed by atoms with Gasteiger partial charge in [0.25, 0.3) is 0 Å². The summed E-state index contributed by atoms with van der Waals surface area (Å²) in [7, 11) is 0. The molecule has 1 aliphatic rings. The van der Waals surface area contributed by atoms with Crippen LogP contribution in [-0.4, -0.2) is 40.2 Å². The van der Waals surface area contributed by atoms with E-state index in [0.29, 0.717) is 5.92 Å². The van der Waals surface area contributed by atoms with E-state index in [-0.39, 0.29) is 5.91 Å². The van der Waals surface area contributed by atoms with Crippen LogP contribution in [0.1, 0.15) is 36.5 Å². The number of amides is 1. The molecule has 1 atom stereocenters. The van der Waals surface area contributed by atoms with E-state index in [1.807, 2.05) is 4.68 Å². The molecule has 2 aromatic carbocycles. The molecule has 3 aromatic rings. The van der Waals surface area contributed by atoms with Gasteiger partial charge in [0, 0.05) is 43.9 Å². The molecule has 1 aliphatic heterocycles. The van der Waals surface area contributed by atoms with Crippen molar-refractivity contribution in [1.82, 2.24) is 20.0 Å². The van der Waals surface area contributed by atoms with Gasteiger partial charge in [0.15, 0.2) is 0 Å². The number of nitrogens with one attached hydrogen (secondary N) is 1. The number of likely N-dealkylation sites (tertiary alicyclic amines) is 1. The van der Waals surface area contributed by atoms with Crippen LogP contribution in [-0.2, 0) is 11.3 Å². The van der Waals surface area contributed by atoms with Gasteiger partial charge in [-0.15, -0.1) is 0 Å². The zero-order chi connectivity index (χ0) is 21.8. The van der Waals surface area contributed by atoms with Gasteiger partial charge in [-0.25, -0.2) is 4.68 Å². The van der Waals surface area contributed by atoms with E-state index < -0.39 is 0 Å². The second-order valence-corrected chi connectivity index (χ2v) is 8.83. The number of carbonyl (C=O) groups is 1. The summed E-state index contributed by atoms with van der Waals surface area (Å²) in [6.07, 6.45) is 4.51. The monoisotopic (exact) mass is 416 g/mol. The lowest BCUT2D eigenvalue weighted by atomic mass is 9.97. The van der Waals surface area contributed by atoms with Crippen LogP contribution in [0.25, 0.3) is 16.9 Å². The highest BCUT2D eigenvalue weighted by atomic mass is 16.1. The Morgan fingerprint density at radius 1 is 1.13 bits per heavy atom. The van der Waals surface area contributed by atoms with Gasteiger partial charge in [0.1, 0.15) is 0 Å². The van der Waals surface area contributed by atoms with Gasteiger partial charge < -0.3 is 5.32 Å². The summed E-state index contributed by atoms with van der Waals surface area (Å²) < 4.78 is 2.01. The number of carbonyl (C=O) groups excluding carboxylic acids is 1. The first-order valence-electron chi connectivity index (χ1n) is 11.2. The lowest BCUT2D eigenvalue weighted by molar-refractivity contribution is -0.119. The number of aryl methyl sites for hydroxylation is 2. The molecule has 162 valence electrons. The summed E-state index contributed by atoms with van der Waals surface area (Å²) >= 11 is 0. The fraction of sp³-hybridized carbons (Fsp3) is 0.385. The highest BCUT2D eigenvalue weighted by molar-refractivity contribution is 5.72. The first kappa shape index (κ1) is 21.3. The molecule has 1 saturated heterocycles. The Kier molecular flexibility index (Phi) is 6.52. The van der Waals surface area contributed by atoms with E-state index in [4.69, 9.17) is 5.10 Å². The van der Waals surface area contributed by atoms with Crippen molar-refractivity contribution in [2.45, 2.75) is 40.2 Å². The zero-order valence-corrected chi connectivity index (χ0v) is 18.8. The summed E-state index contributed by atoms with van der Waals surface area (Å²) in [6, 6.07) is 17.1. The van der Waals surface area contributed by atoms with Crippen LogP contribution >= 0.6 is 0 Å². The Labute approximate surface area is 185 Å². The standard InChI is InChI=1S/C26H32N4O/c1-19-9-11-25(12-10-19)30-18-24(26(28-30)23-8-4-6-20(2)14-23)17-29-13-5-7-22(16-29)15-27-21(3)31/h4,6,8-12,14,18,22H,5,7,13,15-17H2,1-3H3,(H,27,31)/t22-/m1/s1. The van der Waals surface area contributed by atoms with Crippen molar-refractivity contribution >= 4 is 5.91 Å². The second-order valence-electron chi connectivity index (χ2n) is 8.83. The number of aromatic nitrogens is 2. The number of hydrogen-bond acceptors (Lipinski definition) is 3. The summed E-state index contributed by atoms with van der Waals surface area (Å²) in [4.78, 5) is 13.8. The molecule has 1 fully saturated rings. The maximum absolute atomic E-state index is 11.3. The molecule has 1 aromatic heterocycles. The maximum atomic E-state index is 11.3. The Bertz CT molecular complexity index is 1040. The van der Waals surface area contributed by atoms with Crippen molar-refractivity contribution in [3.05, 3.63) is 71.4 Å². The van der Waals surface area contributed by atoms with Gasteiger partial charge in [0.05, 0.1) is 11.4 Å². The third kappa shape index (κ3) is 5.42. The molecule has 0 unspecified atom stereocenters. The first-order valence-corrected chi connectivity index (χ1v) is 11.2. The van der Waals surface area contributed by atoms with Crippen LogP contribution in [0.5, 0.6) is 0 Å². The molecule has 5 nitrogen and oxygen atoms in total. The highest BCUT2D eigenvalue weighted by Gasteiger charge is 2.22. The Hall–Kier alpha value is -2.92. The molecular formula is C26H32N4O. The van der Waals surface area contributed by atoms with E-state index in [1.54, 1.807) is 6.92 Å². The molecule has 0 saturated carbocycles. The summed E-state index contributed by atoms with van der Waals surface area (Å²) in [5.41, 5.74) is 7.01. The predicted molar refractivity (Wildman–Crippen MR) is 125 cm³/mol. The lowest BCUT2D eigenvalue weighted by Crippen LogP contribution is -2.40. The minimum Gasteiger partial charge on any atom is -0.356 e. The van der Waals surface area contributed by atoms with Crippen molar-refractivity contribution in [3.63, 3.8) is 0 Å². The fourth-order valence-corrected chi connectivity index (χ4v) is 4.38. The van der Waals surface area contributed by atoms with E-state index >= 15 is 0 Å². The molecule has 0 aliphatic carbocycles. The number of benzene rings is 2. The van der Waals surface area contributed by atoms with Gasteiger partial charge in [0.2, 0.25) is 5.91 Å². The summed E-state index contributed by atoms with van der Waals surface area (Å²) in [5.74, 6) is 0.561. The fourth-order valence-electron chi connectivity index (χ4n) is 4.38. The minimum atomic E-state index is 0.0539. The largest absolute Gasteiger partial charge is 0.356 e. The SMILES string of the molecule is CC(=O)NC[C@H]1CCCN(Cc2cn(-c3ccc(C)cc3)nc2-c2cccc(C)c2)C1. The average molecular weight is 417 g/mol. The third-order valence-electron chi connectivity index (χ3n) is 6.02. The highest BCUT2D eigenvalue weighted by Crippen LogP contribution is 2.27. The maximum Gasteiger partial charge on any atom is 0.216 e. The first-order chi connectivity index (χ1) is 15.0. The van der Waals surface area contributed by atoms with Gasteiger partial charge in [-0.3, -0.25) is 9.69 Å². The van der Waals surface area contributed by atoms with Gasteiger partial charge >= 0.3 is 0 Å². The van der Waals surface area contributed by atoms with Crippen LogP contribution in [0, 0.1) is 19.8 Å². The number of piperidine rings is 1. The Morgan fingerprint density at radius 2 is 1.94 bits per heavy atom. The van der Waals surface area contributed by atoms with Gasteiger partial charge in [-0.05, 0) is 57.4 Å². The van der Waals surface area contributed by atoms with Gasteiger partial charge in [-0.1, -0.05) is 41.5 Å². The van der Waals surface area contributed by atoms with Crippen LogP contribution < -0.4 is 5.32 Å². The summed E-state index contributed by atoms with van der Waals surface area (Å²) in [6.45, 7) is 9.53. The quantitative estimate of drug-likeness (QED) is 0.643. The molecule has 4 rings (SSSR count). The zero-order valence-electron chi connectivity index (χ0n) is 18.8. The second kappa shape index (κ2) is 9.48. The molecule has 5 heteroatoms. The van der Waals surface area contributed by atoms with Crippen LogP contribution in [0.15, 0.2) is 54.7 Å². The Balaban J connectivity index is 1.60. The minimum absolute atomic E-state index is 0.0539. The third-order valence-corrected chi connectivity index (χ3v) is 6.02.